The van der Waals surface area contributed by atoms with Gasteiger partial charge in [0.05, 0.1) is 0 Å². The molecule has 0 aliphatic rings. The van der Waals surface area contributed by atoms with Gasteiger partial charge in [0, 0.05) is 0 Å². The van der Waals surface area contributed by atoms with Gasteiger partial charge in [-0.1, -0.05) is 0 Å². The second-order valence-electron chi connectivity index (χ2n) is 0. The molecule has 0 N–H and O–H groups in total. The highest BCUT2D eigenvalue weighted by molar-refractivity contribution is 6.92. The van der Waals surface area contributed by atoms with Crippen LogP contribution in [-0.4, -0.2) is 0 Å². The highest BCUT2D eigenvalue weighted by atomic mass is 31.0. The van der Waals surface area contributed by atoms with Crippen molar-refractivity contribution in [3.05, 3.63) is 0 Å². The molecule has 1 unspecified atom stereocenters. The molecule has 0 saturated heterocycles. The quantitative estimate of drug-likeness (QED) is 0.278. The summed E-state index contributed by atoms with van der Waals surface area (Å²) >= 11 is 0. The lowest BCUT2D eigenvalue weighted by Crippen LogP contribution is -3.00. The number of rotatable bonds is 0. The fourth-order valence-corrected chi connectivity index (χ4v) is 0. The molecule has 0 heterocycles. The Morgan fingerprint density at radius 2 is 0.571 bits per heavy atom. The van der Waals surface area contributed by atoms with Gasteiger partial charge in [0.1, 0.15) is 0 Å². The highest BCUT2D eigenvalue weighted by Gasteiger charge is -0.153. The van der Waals surface area contributed by atoms with Gasteiger partial charge in [-0.25, -0.2) is 0 Å². The molecule has 0 fully saturated rings. The predicted octanol–water partition coefficient (Wildman–Crippen LogP) is -2.06. The third kappa shape index (κ3) is 966000. The topological polar surface area (TPSA) is 0 Å². The van der Waals surface area contributed by atoms with E-state index in [1.54, 1.807) is 0 Å². The summed E-state index contributed by atoms with van der Waals surface area (Å²) in [4.78, 5) is 0. The molecular weight excluding hydrogens is 145 g/mol. The largest absolute Gasteiger partial charge is 1.00 e. The molecule has 0 rings (SSSR count). The molecule has 0 aromatic heterocycles. The molecule has 0 amide bonds. The monoisotopic (exact) mass is 154 g/mol. The maximum atomic E-state index is 0. The normalized spacial score (nSPS) is 0. The van der Waals surface area contributed by atoms with Crippen LogP contribution in [0.2, 0.25) is 0 Å². The third-order valence-electron chi connectivity index (χ3n) is 0. The Kier molecular flexibility index (Phi) is 546000000000. The lowest BCUT2D eigenvalue weighted by atomic mass is 19.0. The minimum Gasteiger partial charge on any atom is -1.00 e. The summed E-state index contributed by atoms with van der Waals surface area (Å²) in [5.41, 5.74) is 0. The first-order chi connectivity index (χ1) is 0. The van der Waals surface area contributed by atoms with E-state index in [1.165, 1.54) is 0 Å². The van der Waals surface area contributed by atoms with E-state index >= 15 is 0 Å². The van der Waals surface area contributed by atoms with Crippen molar-refractivity contribution >= 4 is 9.90 Å². The van der Waals surface area contributed by atoms with E-state index in [0.29, 0.717) is 0 Å². The van der Waals surface area contributed by atoms with Crippen molar-refractivity contribution in [2.24, 2.45) is 0 Å². The van der Waals surface area contributed by atoms with Crippen molar-refractivity contribution in [2.75, 3.05) is 0 Å². The molecule has 0 bridgehead atoms. The lowest BCUT2D eigenvalue weighted by Gasteiger charge is -1.00. The zero-order valence-corrected chi connectivity index (χ0v) is 4.54. The van der Waals surface area contributed by atoms with Crippen LogP contribution in [0.4, 0.5) is 23.5 Å². The molecule has 0 radical (unpaired) electrons. The Bertz CT molecular complexity index is 8.49. The molecule has 0 aromatic carbocycles. The third-order valence-corrected chi connectivity index (χ3v) is 0. The van der Waals surface area contributed by atoms with Gasteiger partial charge in [-0.2, -0.15) is 9.90 Å². The molecule has 0 saturated carbocycles. The van der Waals surface area contributed by atoms with Crippen LogP contribution in [0.5, 0.6) is 0 Å². The summed E-state index contributed by atoms with van der Waals surface area (Å²) in [6, 6.07) is 0. The fourth-order valence-electron chi connectivity index (χ4n) is 0. The summed E-state index contributed by atoms with van der Waals surface area (Å²) in [5.74, 6) is 0. The Hall–Kier alpha value is 0.01000. The van der Waals surface area contributed by atoms with Crippen LogP contribution < -0.4 is 4.70 Å². The number of halogens is 6. The van der Waals surface area contributed by atoms with E-state index in [-0.39, 0.29) is 39.6 Å². The maximum Gasteiger partial charge on any atom is 1.00 e. The van der Waals surface area contributed by atoms with Gasteiger partial charge in [-0.3, -0.25) is 23.5 Å². The standard InChI is InChI=1S/6FH.H3P/h6*1H;1H3. The highest BCUT2D eigenvalue weighted by Crippen LogP contribution is 0.861. The Labute approximate surface area is 41.0 Å². The van der Waals surface area contributed by atoms with Crippen LogP contribution in [0.1, 0.15) is 1.43 Å². The van der Waals surface area contributed by atoms with Gasteiger partial charge in [0.2, 0.25) is 0 Å². The summed E-state index contributed by atoms with van der Waals surface area (Å²) < 4.78 is 0. The fraction of sp³-hybridized carbons (Fsp3) is 0. The van der Waals surface area contributed by atoms with Crippen molar-refractivity contribution in [3.8, 4) is 0 Å². The van der Waals surface area contributed by atoms with Crippen molar-refractivity contribution < 1.29 is 29.7 Å². The predicted molar refractivity (Wildman–Crippen MR) is 24.7 cm³/mol. The van der Waals surface area contributed by atoms with Crippen molar-refractivity contribution in [2.45, 2.75) is 0 Å². The van der Waals surface area contributed by atoms with Crippen LogP contribution in [0.3, 0.4) is 0 Å². The van der Waals surface area contributed by atoms with Crippen molar-refractivity contribution in [1.82, 2.24) is 0 Å². The zero-order valence-electron chi connectivity index (χ0n) is 4.13. The minimum atomic E-state index is 0. The second-order valence-corrected chi connectivity index (χ2v) is 0. The van der Waals surface area contributed by atoms with Crippen LogP contribution in [0.25, 0.3) is 0 Å². The van der Waals surface area contributed by atoms with Crippen molar-refractivity contribution in [3.63, 3.8) is 0 Å². The Morgan fingerprint density at radius 1 is 0.571 bits per heavy atom. The van der Waals surface area contributed by atoms with Gasteiger partial charge in [-0.15, -0.1) is 0 Å². The zero-order chi connectivity index (χ0) is 0. The summed E-state index contributed by atoms with van der Waals surface area (Å²) in [6.07, 6.45) is 0. The molecule has 0 aliphatic carbocycles. The second kappa shape index (κ2) is 1510000. The maximum absolute atomic E-state index is 0. The number of hydrogen-bond donors (Lipinski definition) is 0. The van der Waals surface area contributed by atoms with Gasteiger partial charge in [0.15, 0.2) is 0 Å². The molecule has 1 atom stereocenters. The van der Waals surface area contributed by atoms with E-state index in [0.717, 1.165) is 0 Å². The van der Waals surface area contributed by atoms with Gasteiger partial charge < -0.3 is 4.70 Å². The van der Waals surface area contributed by atoms with Crippen LogP contribution in [0, 0.1) is 0 Å². The summed E-state index contributed by atoms with van der Waals surface area (Å²) in [6.45, 7) is 0. The first-order valence-electron chi connectivity index (χ1n) is 0. The van der Waals surface area contributed by atoms with Gasteiger partial charge >= 0.3 is 1.43 Å². The molecule has 56 valence electrons. The van der Waals surface area contributed by atoms with E-state index in [1.807, 2.05) is 0 Å². The first-order valence-corrected chi connectivity index (χ1v) is 0. The minimum absolute atomic E-state index is 0. The Balaban J connectivity index is 0. The van der Waals surface area contributed by atoms with Crippen molar-refractivity contribution in [1.29, 1.82) is 0 Å². The molecule has 7 heteroatoms. The molecule has 0 nitrogen and oxygen atoms in total. The molecule has 0 aromatic rings. The first kappa shape index (κ1) is 2530000. The average molecular weight is 154 g/mol. The van der Waals surface area contributed by atoms with Crippen LogP contribution in [0.15, 0.2) is 0 Å². The van der Waals surface area contributed by atoms with Crippen LogP contribution >= 0.6 is 9.90 Å². The smallest absolute Gasteiger partial charge is 1.00 e. The average Bonchev–Trinajstić information content (AvgIpc) is 0. The number of hydrogen-bond acceptors (Lipinski definition) is 0. The van der Waals surface area contributed by atoms with Gasteiger partial charge in [-0.05, 0) is 0 Å². The molecular formula is H9F6P. The van der Waals surface area contributed by atoms with E-state index in [4.69, 9.17) is 0 Å². The van der Waals surface area contributed by atoms with Crippen LogP contribution in [-0.2, 0) is 0 Å². The summed E-state index contributed by atoms with van der Waals surface area (Å²) in [5, 5.41) is 0. The molecule has 0 aliphatic heterocycles. The van der Waals surface area contributed by atoms with E-state index < -0.39 is 0 Å². The lowest BCUT2D eigenvalue weighted by molar-refractivity contribution is -0.00000464. The van der Waals surface area contributed by atoms with E-state index in [9.17, 15) is 0 Å². The molecule has 7 heavy (non-hydrogen) atoms. The van der Waals surface area contributed by atoms with Gasteiger partial charge in [0.25, 0.3) is 0 Å². The van der Waals surface area contributed by atoms with E-state index in [2.05, 4.69) is 0 Å². The molecule has 0 spiro atoms. The summed E-state index contributed by atoms with van der Waals surface area (Å²) in [7, 11) is 0. The SMILES string of the molecule is F.F.F.F.F.P.[F-].[H+]. The Morgan fingerprint density at radius 3 is 0.571 bits per heavy atom.